The average Bonchev–Trinajstić information content (AvgIpc) is 2.68. The number of aromatic amines is 1. The lowest BCUT2D eigenvalue weighted by Crippen LogP contribution is -2.10. The molecule has 7 heteroatoms. The first-order chi connectivity index (χ1) is 13.5. The topological polar surface area (TPSA) is 64.2 Å². The van der Waals surface area contributed by atoms with Gasteiger partial charge in [-0.05, 0) is 48.4 Å². The third-order valence-electron chi connectivity index (χ3n) is 4.13. The first kappa shape index (κ1) is 20.2. The normalized spacial score (nSPS) is 11.6. The molecule has 5 nitrogen and oxygen atoms in total. The third-order valence-corrected chi connectivity index (χ3v) is 4.65. The van der Waals surface area contributed by atoms with E-state index >= 15 is 0 Å². The summed E-state index contributed by atoms with van der Waals surface area (Å²) in [7, 11) is 1.59. The van der Waals surface area contributed by atoms with Gasteiger partial charge in [-0.3, -0.25) is 4.79 Å². The largest absolute Gasteiger partial charge is 0.493 e. The zero-order valence-corrected chi connectivity index (χ0v) is 17.1. The molecule has 0 aliphatic heterocycles. The quantitative estimate of drug-likeness (QED) is 0.514. The minimum atomic E-state index is -0.277. The van der Waals surface area contributed by atoms with Crippen LogP contribution in [0.5, 0.6) is 11.5 Å². The van der Waals surface area contributed by atoms with Gasteiger partial charge in [-0.2, -0.15) is 0 Å². The second kappa shape index (κ2) is 9.13. The Morgan fingerprint density at radius 1 is 1.21 bits per heavy atom. The predicted molar refractivity (Wildman–Crippen MR) is 114 cm³/mol. The summed E-state index contributed by atoms with van der Waals surface area (Å²) >= 11 is 12.4. The molecule has 3 rings (SSSR count). The second-order valence-electron chi connectivity index (χ2n) is 6.18. The number of halogens is 2. The molecule has 2 aromatic carbocycles. The van der Waals surface area contributed by atoms with Gasteiger partial charge in [-0.25, -0.2) is 4.98 Å². The third kappa shape index (κ3) is 4.66. The Morgan fingerprint density at radius 2 is 2.04 bits per heavy atom. The van der Waals surface area contributed by atoms with Crippen LogP contribution in [0.2, 0.25) is 5.02 Å². The number of H-pyrrole nitrogens is 1. The molecule has 0 saturated carbocycles. The number of hydrogen-bond acceptors (Lipinski definition) is 4. The number of fused-ring (bicyclic) bond motifs is 1. The molecule has 0 saturated heterocycles. The minimum Gasteiger partial charge on any atom is -0.493 e. The molecular weight excluding hydrogens is 399 g/mol. The van der Waals surface area contributed by atoms with Crippen molar-refractivity contribution in [2.45, 2.75) is 19.8 Å². The summed E-state index contributed by atoms with van der Waals surface area (Å²) in [4.78, 5) is 19.4. The number of unbranched alkanes of at least 4 members (excludes halogenated alkanes) is 1. The van der Waals surface area contributed by atoms with Gasteiger partial charge in [0.25, 0.3) is 5.56 Å². The highest BCUT2D eigenvalue weighted by Gasteiger charge is 2.09. The van der Waals surface area contributed by atoms with Crippen LogP contribution >= 0.6 is 23.2 Å². The van der Waals surface area contributed by atoms with E-state index in [0.29, 0.717) is 39.1 Å². The Bertz CT molecular complexity index is 1080. The SMILES string of the molecule is CCCCOc1ccc(/C=C(\Cl)c2nc3cc(Cl)ccc3c(=O)[nH]2)cc1OC. The van der Waals surface area contributed by atoms with E-state index in [9.17, 15) is 4.79 Å². The highest BCUT2D eigenvalue weighted by Crippen LogP contribution is 2.30. The van der Waals surface area contributed by atoms with Crippen molar-refractivity contribution in [3.8, 4) is 11.5 Å². The maximum absolute atomic E-state index is 12.3. The number of hydrogen-bond donors (Lipinski definition) is 1. The van der Waals surface area contributed by atoms with Crippen molar-refractivity contribution < 1.29 is 9.47 Å². The van der Waals surface area contributed by atoms with E-state index in [1.807, 2.05) is 18.2 Å². The summed E-state index contributed by atoms with van der Waals surface area (Å²) in [6.45, 7) is 2.74. The molecular formula is C21H20Cl2N2O3. The van der Waals surface area contributed by atoms with Crippen LogP contribution in [-0.4, -0.2) is 23.7 Å². The van der Waals surface area contributed by atoms with Crippen LogP contribution in [-0.2, 0) is 0 Å². The van der Waals surface area contributed by atoms with Gasteiger partial charge in [0.05, 0.1) is 29.7 Å². The molecule has 0 bridgehead atoms. The van der Waals surface area contributed by atoms with E-state index < -0.39 is 0 Å². The lowest BCUT2D eigenvalue weighted by Gasteiger charge is -2.11. The standard InChI is InChI=1S/C21H20Cl2N2O3/c1-3-4-9-28-18-8-5-13(11-19(18)27-2)10-16(23)20-24-17-12-14(22)6-7-15(17)21(26)25-20/h5-8,10-12H,3-4,9H2,1-2H3,(H,24,25,26)/b16-10-. The zero-order chi connectivity index (χ0) is 20.1. The molecule has 0 aliphatic carbocycles. The van der Waals surface area contributed by atoms with E-state index in [1.165, 1.54) is 0 Å². The van der Waals surface area contributed by atoms with Gasteiger partial charge in [0, 0.05) is 5.02 Å². The summed E-state index contributed by atoms with van der Waals surface area (Å²) in [6, 6.07) is 10.4. The van der Waals surface area contributed by atoms with Crippen LogP contribution in [0, 0.1) is 0 Å². The van der Waals surface area contributed by atoms with Crippen molar-refractivity contribution in [3.63, 3.8) is 0 Å². The minimum absolute atomic E-state index is 0.267. The number of nitrogens with one attached hydrogen (secondary N) is 1. The number of nitrogens with zero attached hydrogens (tertiary/aromatic N) is 1. The van der Waals surface area contributed by atoms with E-state index in [2.05, 4.69) is 16.9 Å². The number of rotatable bonds is 7. The van der Waals surface area contributed by atoms with Crippen LogP contribution in [0.4, 0.5) is 0 Å². The monoisotopic (exact) mass is 418 g/mol. The highest BCUT2D eigenvalue weighted by molar-refractivity contribution is 6.50. The zero-order valence-electron chi connectivity index (χ0n) is 15.6. The van der Waals surface area contributed by atoms with Gasteiger partial charge >= 0.3 is 0 Å². The van der Waals surface area contributed by atoms with Gasteiger partial charge in [-0.1, -0.05) is 42.6 Å². The number of ether oxygens (including phenoxy) is 2. The van der Waals surface area contributed by atoms with E-state index in [0.717, 1.165) is 18.4 Å². The van der Waals surface area contributed by atoms with E-state index in [-0.39, 0.29) is 11.4 Å². The summed E-state index contributed by atoms with van der Waals surface area (Å²) in [5.41, 5.74) is 0.994. The first-order valence-corrected chi connectivity index (χ1v) is 9.65. The average molecular weight is 419 g/mol. The fourth-order valence-electron chi connectivity index (χ4n) is 2.66. The van der Waals surface area contributed by atoms with Crippen LogP contribution in [0.1, 0.15) is 31.2 Å². The Labute approximate surface area is 172 Å². The molecule has 0 amide bonds. The van der Waals surface area contributed by atoms with Crippen LogP contribution in [0.25, 0.3) is 22.0 Å². The van der Waals surface area contributed by atoms with Gasteiger partial charge in [0.1, 0.15) is 0 Å². The van der Waals surface area contributed by atoms with Gasteiger partial charge in [0.15, 0.2) is 17.3 Å². The summed E-state index contributed by atoms with van der Waals surface area (Å²) in [6.07, 6.45) is 3.73. The van der Waals surface area contributed by atoms with Crippen LogP contribution in [0.3, 0.4) is 0 Å². The molecule has 0 atom stereocenters. The molecule has 28 heavy (non-hydrogen) atoms. The van der Waals surface area contributed by atoms with Crippen molar-refractivity contribution in [2.24, 2.45) is 0 Å². The summed E-state index contributed by atoms with van der Waals surface area (Å²) < 4.78 is 11.1. The first-order valence-electron chi connectivity index (χ1n) is 8.89. The van der Waals surface area contributed by atoms with E-state index in [4.69, 9.17) is 32.7 Å². The lowest BCUT2D eigenvalue weighted by molar-refractivity contribution is 0.288. The maximum atomic E-state index is 12.3. The second-order valence-corrected chi connectivity index (χ2v) is 7.02. The highest BCUT2D eigenvalue weighted by atomic mass is 35.5. The van der Waals surface area contributed by atoms with Crippen molar-refractivity contribution in [1.29, 1.82) is 0 Å². The Kier molecular flexibility index (Phi) is 6.60. The Hall–Kier alpha value is -2.50. The molecule has 1 heterocycles. The van der Waals surface area contributed by atoms with Gasteiger partial charge in [0.2, 0.25) is 0 Å². The number of aromatic nitrogens is 2. The van der Waals surface area contributed by atoms with Crippen LogP contribution in [0.15, 0.2) is 41.2 Å². The van der Waals surface area contributed by atoms with Crippen molar-refractivity contribution >= 4 is 45.2 Å². The van der Waals surface area contributed by atoms with Crippen molar-refractivity contribution in [1.82, 2.24) is 9.97 Å². The fraction of sp³-hybridized carbons (Fsp3) is 0.238. The summed E-state index contributed by atoms with van der Waals surface area (Å²) in [5.74, 6) is 1.56. The smallest absolute Gasteiger partial charge is 0.259 e. The molecule has 3 aromatic rings. The molecule has 0 spiro atoms. The van der Waals surface area contributed by atoms with Gasteiger partial charge < -0.3 is 14.5 Å². The molecule has 0 radical (unpaired) electrons. The number of methoxy groups -OCH3 is 1. The molecule has 0 aliphatic rings. The Balaban J connectivity index is 1.92. The van der Waals surface area contributed by atoms with Crippen molar-refractivity contribution in [2.75, 3.05) is 13.7 Å². The van der Waals surface area contributed by atoms with Gasteiger partial charge in [-0.15, -0.1) is 0 Å². The number of benzene rings is 2. The summed E-state index contributed by atoms with van der Waals surface area (Å²) in [5, 5.41) is 1.24. The molecule has 0 unspecified atom stereocenters. The fourth-order valence-corrected chi connectivity index (χ4v) is 3.04. The Morgan fingerprint density at radius 3 is 2.79 bits per heavy atom. The molecule has 1 aromatic heterocycles. The van der Waals surface area contributed by atoms with Crippen molar-refractivity contribution in [3.05, 3.63) is 63.2 Å². The lowest BCUT2D eigenvalue weighted by atomic mass is 10.2. The molecule has 0 fully saturated rings. The van der Waals surface area contributed by atoms with E-state index in [1.54, 1.807) is 31.4 Å². The molecule has 1 N–H and O–H groups in total. The molecule has 146 valence electrons. The van der Waals surface area contributed by atoms with Crippen LogP contribution < -0.4 is 15.0 Å². The maximum Gasteiger partial charge on any atom is 0.259 e. The predicted octanol–water partition coefficient (Wildman–Crippen LogP) is 5.50.